The summed E-state index contributed by atoms with van der Waals surface area (Å²) in [5.41, 5.74) is 0.843. The third-order valence-corrected chi connectivity index (χ3v) is 3.59. The predicted octanol–water partition coefficient (Wildman–Crippen LogP) is 2.16. The highest BCUT2D eigenvalue weighted by Crippen LogP contribution is 2.36. The van der Waals surface area contributed by atoms with Gasteiger partial charge < -0.3 is 19.3 Å². The van der Waals surface area contributed by atoms with Crippen LogP contribution in [-0.2, 0) is 4.74 Å². The minimum absolute atomic E-state index is 0.0908. The molecule has 1 saturated heterocycles. The quantitative estimate of drug-likeness (QED) is 0.892. The standard InChI is InChI=1S/C14H20O4/c1-9-11(6-7-18-9)14(15)10-4-5-12(16-2)13(8-10)17-3/h4-5,8-9,11,14-15H,6-7H2,1-3H3. The summed E-state index contributed by atoms with van der Waals surface area (Å²) in [4.78, 5) is 0. The van der Waals surface area contributed by atoms with Gasteiger partial charge >= 0.3 is 0 Å². The van der Waals surface area contributed by atoms with E-state index in [2.05, 4.69) is 0 Å². The Morgan fingerprint density at radius 1 is 1.28 bits per heavy atom. The molecule has 1 aromatic carbocycles. The SMILES string of the molecule is COc1ccc(C(O)C2CCOC2C)cc1OC. The van der Waals surface area contributed by atoms with E-state index >= 15 is 0 Å². The lowest BCUT2D eigenvalue weighted by Crippen LogP contribution is -2.19. The molecule has 0 bridgehead atoms. The smallest absolute Gasteiger partial charge is 0.161 e. The fraction of sp³-hybridized carbons (Fsp3) is 0.571. The maximum Gasteiger partial charge on any atom is 0.161 e. The molecule has 3 atom stereocenters. The molecule has 100 valence electrons. The third-order valence-electron chi connectivity index (χ3n) is 3.59. The van der Waals surface area contributed by atoms with Gasteiger partial charge in [0.15, 0.2) is 11.5 Å². The molecule has 0 amide bonds. The van der Waals surface area contributed by atoms with Crippen molar-refractivity contribution >= 4 is 0 Å². The van der Waals surface area contributed by atoms with Crippen molar-refractivity contribution in [2.24, 2.45) is 5.92 Å². The number of benzene rings is 1. The Kier molecular flexibility index (Phi) is 4.09. The fourth-order valence-electron chi connectivity index (χ4n) is 2.45. The lowest BCUT2D eigenvalue weighted by atomic mass is 9.90. The topological polar surface area (TPSA) is 47.9 Å². The van der Waals surface area contributed by atoms with Gasteiger partial charge in [-0.15, -0.1) is 0 Å². The maximum absolute atomic E-state index is 10.4. The third kappa shape index (κ3) is 2.44. The van der Waals surface area contributed by atoms with Crippen molar-refractivity contribution < 1.29 is 19.3 Å². The number of aliphatic hydroxyl groups is 1. The Labute approximate surface area is 107 Å². The highest BCUT2D eigenvalue weighted by atomic mass is 16.5. The lowest BCUT2D eigenvalue weighted by molar-refractivity contribution is 0.0430. The minimum atomic E-state index is -0.526. The van der Waals surface area contributed by atoms with E-state index in [9.17, 15) is 5.11 Å². The van der Waals surface area contributed by atoms with E-state index in [4.69, 9.17) is 14.2 Å². The monoisotopic (exact) mass is 252 g/mol. The fourth-order valence-corrected chi connectivity index (χ4v) is 2.45. The zero-order chi connectivity index (χ0) is 13.1. The van der Waals surface area contributed by atoms with E-state index in [1.807, 2.05) is 25.1 Å². The van der Waals surface area contributed by atoms with Crippen molar-refractivity contribution in [1.29, 1.82) is 0 Å². The molecule has 0 saturated carbocycles. The van der Waals surface area contributed by atoms with Gasteiger partial charge in [0.05, 0.1) is 26.4 Å². The molecule has 2 rings (SSSR count). The second-order valence-electron chi connectivity index (χ2n) is 4.59. The highest BCUT2D eigenvalue weighted by molar-refractivity contribution is 5.43. The van der Waals surface area contributed by atoms with Crippen LogP contribution in [0.5, 0.6) is 11.5 Å². The van der Waals surface area contributed by atoms with Crippen molar-refractivity contribution in [3.8, 4) is 11.5 Å². The average molecular weight is 252 g/mol. The Balaban J connectivity index is 2.22. The van der Waals surface area contributed by atoms with Gasteiger partial charge in [0.1, 0.15) is 0 Å². The van der Waals surface area contributed by atoms with Crippen molar-refractivity contribution in [2.75, 3.05) is 20.8 Å². The molecule has 0 spiro atoms. The molecule has 4 heteroatoms. The van der Waals surface area contributed by atoms with E-state index in [1.165, 1.54) is 0 Å². The van der Waals surface area contributed by atoms with Gasteiger partial charge in [0, 0.05) is 12.5 Å². The number of hydrogen-bond donors (Lipinski definition) is 1. The van der Waals surface area contributed by atoms with E-state index < -0.39 is 6.10 Å². The molecule has 0 aromatic heterocycles. The van der Waals surface area contributed by atoms with Crippen LogP contribution in [0.4, 0.5) is 0 Å². The van der Waals surface area contributed by atoms with Gasteiger partial charge in [-0.05, 0) is 31.0 Å². The van der Waals surface area contributed by atoms with Gasteiger partial charge in [-0.25, -0.2) is 0 Å². The first-order valence-electron chi connectivity index (χ1n) is 6.19. The summed E-state index contributed by atoms with van der Waals surface area (Å²) in [5.74, 6) is 1.45. The summed E-state index contributed by atoms with van der Waals surface area (Å²) in [6.07, 6.45) is 0.451. The highest BCUT2D eigenvalue weighted by Gasteiger charge is 2.31. The Morgan fingerprint density at radius 3 is 2.56 bits per heavy atom. The van der Waals surface area contributed by atoms with Crippen LogP contribution >= 0.6 is 0 Å². The van der Waals surface area contributed by atoms with Gasteiger partial charge in [-0.2, -0.15) is 0 Å². The summed E-state index contributed by atoms with van der Waals surface area (Å²) >= 11 is 0. The van der Waals surface area contributed by atoms with Crippen LogP contribution in [0.1, 0.15) is 25.0 Å². The zero-order valence-corrected chi connectivity index (χ0v) is 11.1. The van der Waals surface area contributed by atoms with Crippen LogP contribution in [0.15, 0.2) is 18.2 Å². The first-order chi connectivity index (χ1) is 8.67. The number of methoxy groups -OCH3 is 2. The molecule has 1 aliphatic rings. The summed E-state index contributed by atoms with van der Waals surface area (Å²) in [6, 6.07) is 5.52. The predicted molar refractivity (Wildman–Crippen MR) is 68.0 cm³/mol. The Morgan fingerprint density at radius 2 is 2.00 bits per heavy atom. The molecule has 0 radical (unpaired) electrons. The molecule has 1 aromatic rings. The second kappa shape index (κ2) is 5.59. The van der Waals surface area contributed by atoms with Crippen LogP contribution in [0.2, 0.25) is 0 Å². The van der Waals surface area contributed by atoms with Crippen molar-refractivity contribution in [2.45, 2.75) is 25.6 Å². The minimum Gasteiger partial charge on any atom is -0.493 e. The van der Waals surface area contributed by atoms with Gasteiger partial charge in [-0.3, -0.25) is 0 Å². The summed E-state index contributed by atoms with van der Waals surface area (Å²) in [5, 5.41) is 10.4. The van der Waals surface area contributed by atoms with Gasteiger partial charge in [-0.1, -0.05) is 6.07 Å². The van der Waals surface area contributed by atoms with Crippen LogP contribution < -0.4 is 9.47 Å². The van der Waals surface area contributed by atoms with Crippen LogP contribution in [0.3, 0.4) is 0 Å². The van der Waals surface area contributed by atoms with Gasteiger partial charge in [0.2, 0.25) is 0 Å². The van der Waals surface area contributed by atoms with E-state index in [0.29, 0.717) is 11.5 Å². The molecular weight excluding hydrogens is 232 g/mol. The number of rotatable bonds is 4. The molecule has 1 heterocycles. The molecule has 18 heavy (non-hydrogen) atoms. The Bertz CT molecular complexity index is 405. The molecular formula is C14H20O4. The van der Waals surface area contributed by atoms with Crippen molar-refractivity contribution in [3.63, 3.8) is 0 Å². The first-order valence-corrected chi connectivity index (χ1v) is 6.19. The summed E-state index contributed by atoms with van der Waals surface area (Å²) in [6.45, 7) is 2.72. The average Bonchev–Trinajstić information content (AvgIpc) is 2.83. The molecule has 1 N–H and O–H groups in total. The van der Waals surface area contributed by atoms with E-state index in [0.717, 1.165) is 18.6 Å². The molecule has 1 fully saturated rings. The number of hydrogen-bond acceptors (Lipinski definition) is 4. The maximum atomic E-state index is 10.4. The second-order valence-corrected chi connectivity index (χ2v) is 4.59. The van der Waals surface area contributed by atoms with E-state index in [1.54, 1.807) is 14.2 Å². The molecule has 1 aliphatic heterocycles. The summed E-state index contributed by atoms with van der Waals surface area (Å²) in [7, 11) is 3.19. The summed E-state index contributed by atoms with van der Waals surface area (Å²) < 4.78 is 15.9. The zero-order valence-electron chi connectivity index (χ0n) is 11.1. The van der Waals surface area contributed by atoms with Crippen LogP contribution in [0, 0.1) is 5.92 Å². The van der Waals surface area contributed by atoms with Crippen molar-refractivity contribution in [3.05, 3.63) is 23.8 Å². The lowest BCUT2D eigenvalue weighted by Gasteiger charge is -2.22. The number of aliphatic hydroxyl groups excluding tert-OH is 1. The molecule has 3 unspecified atom stereocenters. The largest absolute Gasteiger partial charge is 0.493 e. The Hall–Kier alpha value is -1.26. The van der Waals surface area contributed by atoms with E-state index in [-0.39, 0.29) is 12.0 Å². The molecule has 4 nitrogen and oxygen atoms in total. The molecule has 0 aliphatic carbocycles. The van der Waals surface area contributed by atoms with Crippen LogP contribution in [-0.4, -0.2) is 32.0 Å². The van der Waals surface area contributed by atoms with Crippen LogP contribution in [0.25, 0.3) is 0 Å². The normalized spacial score (nSPS) is 24.9. The first kappa shape index (κ1) is 13.2. The number of ether oxygens (including phenoxy) is 3. The van der Waals surface area contributed by atoms with Crippen molar-refractivity contribution in [1.82, 2.24) is 0 Å². The van der Waals surface area contributed by atoms with Gasteiger partial charge in [0.25, 0.3) is 0 Å².